The SMILES string of the molecule is Cc1ccc(N[C@H](c2ccccc2)c2noc(-c3ccccc3)c2S(=O)(=O)c2ccccc2)cc1. The van der Waals surface area contributed by atoms with Crippen LogP contribution in [0.2, 0.25) is 0 Å². The molecule has 0 aliphatic heterocycles. The molecule has 5 aromatic rings. The molecule has 1 atom stereocenters. The van der Waals surface area contributed by atoms with E-state index < -0.39 is 15.9 Å². The Morgan fingerprint density at radius 1 is 0.743 bits per heavy atom. The summed E-state index contributed by atoms with van der Waals surface area (Å²) < 4.78 is 33.8. The number of nitrogens with one attached hydrogen (secondary N) is 1. The van der Waals surface area contributed by atoms with Crippen molar-refractivity contribution in [3.05, 3.63) is 132 Å². The zero-order chi connectivity index (χ0) is 24.3. The van der Waals surface area contributed by atoms with Gasteiger partial charge in [0, 0.05) is 11.3 Å². The minimum atomic E-state index is -3.95. The predicted octanol–water partition coefficient (Wildman–Crippen LogP) is 6.68. The van der Waals surface area contributed by atoms with Gasteiger partial charge in [-0.05, 0) is 36.8 Å². The molecule has 0 radical (unpaired) electrons. The third-order valence-electron chi connectivity index (χ3n) is 5.80. The zero-order valence-electron chi connectivity index (χ0n) is 19.1. The van der Waals surface area contributed by atoms with Crippen LogP contribution in [0.4, 0.5) is 5.69 Å². The van der Waals surface area contributed by atoms with Crippen molar-refractivity contribution >= 4 is 15.5 Å². The third-order valence-corrected chi connectivity index (χ3v) is 7.63. The molecular weight excluding hydrogens is 456 g/mol. The van der Waals surface area contributed by atoms with E-state index in [1.54, 1.807) is 30.3 Å². The molecule has 4 aromatic carbocycles. The summed E-state index contributed by atoms with van der Waals surface area (Å²) >= 11 is 0. The molecule has 6 heteroatoms. The summed E-state index contributed by atoms with van der Waals surface area (Å²) in [4.78, 5) is 0.243. The van der Waals surface area contributed by atoms with Crippen LogP contribution in [0.1, 0.15) is 22.9 Å². The first-order valence-corrected chi connectivity index (χ1v) is 12.8. The molecule has 0 fully saturated rings. The van der Waals surface area contributed by atoms with Gasteiger partial charge in [-0.3, -0.25) is 0 Å². The molecule has 1 N–H and O–H groups in total. The van der Waals surface area contributed by atoms with E-state index in [1.807, 2.05) is 91.9 Å². The highest BCUT2D eigenvalue weighted by Gasteiger charge is 2.35. The second kappa shape index (κ2) is 9.60. The number of aromatic nitrogens is 1. The molecule has 1 heterocycles. The van der Waals surface area contributed by atoms with E-state index in [2.05, 4.69) is 10.5 Å². The average molecular weight is 481 g/mol. The maximum Gasteiger partial charge on any atom is 0.212 e. The molecule has 1 aromatic heterocycles. The van der Waals surface area contributed by atoms with Crippen molar-refractivity contribution in [1.82, 2.24) is 5.16 Å². The number of aryl methyl sites for hydroxylation is 1. The lowest BCUT2D eigenvalue weighted by molar-refractivity contribution is 0.421. The summed E-state index contributed by atoms with van der Waals surface area (Å²) in [6.07, 6.45) is 0. The second-order valence-corrected chi connectivity index (χ2v) is 10.1. The summed E-state index contributed by atoms with van der Waals surface area (Å²) in [5.74, 6) is 0.219. The number of sulfone groups is 1. The van der Waals surface area contributed by atoms with E-state index in [-0.39, 0.29) is 15.6 Å². The first kappa shape index (κ1) is 22.6. The third kappa shape index (κ3) is 4.61. The summed E-state index contributed by atoms with van der Waals surface area (Å²) in [5.41, 5.74) is 3.79. The quantitative estimate of drug-likeness (QED) is 0.281. The van der Waals surface area contributed by atoms with Crippen LogP contribution in [-0.2, 0) is 9.84 Å². The van der Waals surface area contributed by atoms with Gasteiger partial charge in [-0.25, -0.2) is 8.42 Å². The lowest BCUT2D eigenvalue weighted by atomic mass is 10.0. The minimum Gasteiger partial charge on any atom is -0.373 e. The fourth-order valence-corrected chi connectivity index (χ4v) is 5.58. The van der Waals surface area contributed by atoms with Gasteiger partial charge in [0.2, 0.25) is 9.84 Å². The van der Waals surface area contributed by atoms with E-state index in [4.69, 9.17) is 4.52 Å². The van der Waals surface area contributed by atoms with E-state index in [0.717, 1.165) is 16.8 Å². The predicted molar refractivity (Wildman–Crippen MR) is 137 cm³/mol. The molecule has 5 nitrogen and oxygen atoms in total. The van der Waals surface area contributed by atoms with Crippen LogP contribution in [-0.4, -0.2) is 13.6 Å². The molecule has 174 valence electrons. The van der Waals surface area contributed by atoms with Gasteiger partial charge in [0.05, 0.1) is 10.9 Å². The fourth-order valence-electron chi connectivity index (χ4n) is 4.00. The van der Waals surface area contributed by atoms with Crippen LogP contribution in [0.15, 0.2) is 130 Å². The Morgan fingerprint density at radius 3 is 1.94 bits per heavy atom. The van der Waals surface area contributed by atoms with Crippen LogP contribution < -0.4 is 5.32 Å². The molecule has 0 unspecified atom stereocenters. The van der Waals surface area contributed by atoms with Gasteiger partial charge in [0.1, 0.15) is 10.6 Å². The fraction of sp³-hybridized carbons (Fsp3) is 0.0690. The van der Waals surface area contributed by atoms with Crippen molar-refractivity contribution in [2.75, 3.05) is 5.32 Å². The van der Waals surface area contributed by atoms with Gasteiger partial charge in [0.15, 0.2) is 5.76 Å². The van der Waals surface area contributed by atoms with Gasteiger partial charge in [0.25, 0.3) is 0 Å². The van der Waals surface area contributed by atoms with E-state index in [9.17, 15) is 8.42 Å². The average Bonchev–Trinajstić information content (AvgIpc) is 3.36. The molecule has 0 amide bonds. The molecule has 0 aliphatic carbocycles. The summed E-state index contributed by atoms with van der Waals surface area (Å²) in [6.45, 7) is 2.02. The number of hydrogen-bond acceptors (Lipinski definition) is 5. The number of anilines is 1. The Kier molecular flexibility index (Phi) is 6.21. The lowest BCUT2D eigenvalue weighted by Gasteiger charge is -2.20. The molecular formula is C29H24N2O3S. The van der Waals surface area contributed by atoms with Crippen molar-refractivity contribution in [2.24, 2.45) is 0 Å². The largest absolute Gasteiger partial charge is 0.373 e. The Morgan fingerprint density at radius 2 is 1.31 bits per heavy atom. The normalized spacial score (nSPS) is 12.3. The second-order valence-electron chi connectivity index (χ2n) is 8.26. The van der Waals surface area contributed by atoms with Gasteiger partial charge in [-0.15, -0.1) is 0 Å². The first-order valence-electron chi connectivity index (χ1n) is 11.3. The highest BCUT2D eigenvalue weighted by atomic mass is 32.2. The number of hydrogen-bond donors (Lipinski definition) is 1. The summed E-state index contributed by atoms with van der Waals surface area (Å²) in [7, 11) is -3.95. The van der Waals surface area contributed by atoms with E-state index in [1.165, 1.54) is 0 Å². The lowest BCUT2D eigenvalue weighted by Crippen LogP contribution is -2.16. The molecule has 0 saturated carbocycles. The Balaban J connectivity index is 1.74. The van der Waals surface area contributed by atoms with Crippen LogP contribution in [0.3, 0.4) is 0 Å². The van der Waals surface area contributed by atoms with Gasteiger partial charge in [-0.2, -0.15) is 0 Å². The Labute approximate surface area is 205 Å². The first-order chi connectivity index (χ1) is 17.0. The van der Waals surface area contributed by atoms with E-state index in [0.29, 0.717) is 11.3 Å². The van der Waals surface area contributed by atoms with Crippen LogP contribution in [0, 0.1) is 6.92 Å². The van der Waals surface area contributed by atoms with Crippen molar-refractivity contribution in [2.45, 2.75) is 22.8 Å². The van der Waals surface area contributed by atoms with Gasteiger partial charge >= 0.3 is 0 Å². The standard InChI is InChI=1S/C29H24N2O3S/c1-21-17-19-24(20-18-21)30-26(22-11-5-2-6-12-22)27-29(35(32,33)25-15-9-4-10-16-25)28(34-31-27)23-13-7-3-8-14-23/h2-20,26,30H,1H3/t26-/m1/s1. The van der Waals surface area contributed by atoms with Crippen LogP contribution in [0.25, 0.3) is 11.3 Å². The van der Waals surface area contributed by atoms with Crippen molar-refractivity contribution in [1.29, 1.82) is 0 Å². The van der Waals surface area contributed by atoms with Crippen LogP contribution >= 0.6 is 0 Å². The van der Waals surface area contributed by atoms with E-state index >= 15 is 0 Å². The van der Waals surface area contributed by atoms with Crippen molar-refractivity contribution < 1.29 is 12.9 Å². The van der Waals surface area contributed by atoms with Crippen molar-refractivity contribution in [3.8, 4) is 11.3 Å². The smallest absolute Gasteiger partial charge is 0.212 e. The number of nitrogens with zero attached hydrogens (tertiary/aromatic N) is 1. The van der Waals surface area contributed by atoms with Crippen LogP contribution in [0.5, 0.6) is 0 Å². The number of benzene rings is 4. The topological polar surface area (TPSA) is 72.2 Å². The van der Waals surface area contributed by atoms with Crippen molar-refractivity contribution in [3.63, 3.8) is 0 Å². The zero-order valence-corrected chi connectivity index (χ0v) is 19.9. The summed E-state index contributed by atoms with van der Waals surface area (Å²) in [5, 5.41) is 7.84. The molecule has 0 spiro atoms. The number of rotatable bonds is 7. The maximum absolute atomic E-state index is 14.0. The Bertz CT molecular complexity index is 1510. The maximum atomic E-state index is 14.0. The minimum absolute atomic E-state index is 0.0587. The molecule has 0 bridgehead atoms. The molecule has 35 heavy (non-hydrogen) atoms. The molecule has 0 saturated heterocycles. The molecule has 5 rings (SSSR count). The molecule has 0 aliphatic rings. The van der Waals surface area contributed by atoms with Gasteiger partial charge < -0.3 is 9.84 Å². The highest BCUT2D eigenvalue weighted by molar-refractivity contribution is 7.91. The highest BCUT2D eigenvalue weighted by Crippen LogP contribution is 2.39. The monoisotopic (exact) mass is 480 g/mol. The summed E-state index contributed by atoms with van der Waals surface area (Å²) in [6, 6.07) is 34.6. The van der Waals surface area contributed by atoms with Gasteiger partial charge in [-0.1, -0.05) is 102 Å². The Hall–Kier alpha value is -4.16.